The van der Waals surface area contributed by atoms with Crippen LogP contribution in [0.2, 0.25) is 0 Å². The van der Waals surface area contributed by atoms with E-state index in [9.17, 15) is 4.79 Å². The van der Waals surface area contributed by atoms with Crippen LogP contribution in [0.25, 0.3) is 0 Å². The molecule has 1 N–H and O–H groups in total. The number of hydrogen-bond acceptors (Lipinski definition) is 4. The Balaban J connectivity index is 1.46. The van der Waals surface area contributed by atoms with E-state index in [1.54, 1.807) is 47.7 Å². The summed E-state index contributed by atoms with van der Waals surface area (Å²) in [4.78, 5) is 21.2. The van der Waals surface area contributed by atoms with E-state index in [4.69, 9.17) is 9.57 Å². The average molecular weight is 323 g/mol. The molecule has 6 heteroatoms. The number of carbonyl (C=O) groups is 1. The van der Waals surface area contributed by atoms with Gasteiger partial charge in [-0.3, -0.25) is 5.32 Å². The maximum Gasteiger partial charge on any atom is 0.417 e. The monoisotopic (exact) mass is 323 g/mol. The lowest BCUT2D eigenvalue weighted by atomic mass is 10.1. The number of hydrogen-bond donors (Lipinski definition) is 1. The summed E-state index contributed by atoms with van der Waals surface area (Å²) in [5.74, 6) is 0.489. The fraction of sp³-hybridized carbons (Fsp3) is 0.111. The molecule has 0 aliphatic carbocycles. The van der Waals surface area contributed by atoms with E-state index in [2.05, 4.69) is 10.3 Å². The van der Waals surface area contributed by atoms with Crippen LogP contribution in [-0.2, 0) is 6.42 Å². The van der Waals surface area contributed by atoms with Crippen molar-refractivity contribution >= 4 is 11.8 Å². The summed E-state index contributed by atoms with van der Waals surface area (Å²) in [6.07, 6.45) is 5.23. The molecule has 122 valence electrons. The normalized spacial score (nSPS) is 10.2. The molecule has 0 saturated carbocycles. The quantitative estimate of drug-likeness (QED) is 0.757. The van der Waals surface area contributed by atoms with Crippen molar-refractivity contribution < 1.29 is 14.4 Å². The molecule has 1 heterocycles. The van der Waals surface area contributed by atoms with Crippen molar-refractivity contribution in [2.75, 3.05) is 11.9 Å². The molecule has 0 atom stereocenters. The summed E-state index contributed by atoms with van der Waals surface area (Å²) in [5.41, 5.74) is 1.78. The third-order valence-electron chi connectivity index (χ3n) is 3.27. The lowest BCUT2D eigenvalue weighted by molar-refractivity contribution is 0.112. The second kappa shape index (κ2) is 7.82. The molecule has 0 unspecified atom stereocenters. The Morgan fingerprint density at radius 1 is 1.08 bits per heavy atom. The van der Waals surface area contributed by atoms with Gasteiger partial charge in [0.15, 0.2) is 0 Å². The zero-order valence-corrected chi connectivity index (χ0v) is 13.0. The van der Waals surface area contributed by atoms with Gasteiger partial charge in [-0.15, -0.1) is 0 Å². The number of rotatable bonds is 6. The molecule has 6 nitrogen and oxygen atoms in total. The van der Waals surface area contributed by atoms with Crippen molar-refractivity contribution in [1.82, 2.24) is 9.71 Å². The highest BCUT2D eigenvalue weighted by Gasteiger charge is 2.05. The molecule has 0 radical (unpaired) electrons. The Labute approximate surface area is 139 Å². The van der Waals surface area contributed by atoms with Crippen molar-refractivity contribution in [1.29, 1.82) is 0 Å². The first kappa shape index (κ1) is 15.6. The molecule has 0 aliphatic rings. The van der Waals surface area contributed by atoms with E-state index in [0.29, 0.717) is 18.0 Å². The van der Waals surface area contributed by atoms with Crippen LogP contribution in [0.4, 0.5) is 10.5 Å². The Morgan fingerprint density at radius 3 is 2.58 bits per heavy atom. The number of imidazole rings is 1. The molecule has 3 aromatic rings. The minimum Gasteiger partial charge on any atom is -0.413 e. The first-order chi connectivity index (χ1) is 11.8. The highest BCUT2D eigenvalue weighted by Crippen LogP contribution is 2.14. The van der Waals surface area contributed by atoms with E-state index in [0.717, 1.165) is 12.0 Å². The van der Waals surface area contributed by atoms with Crippen LogP contribution in [0.1, 0.15) is 5.56 Å². The van der Waals surface area contributed by atoms with Crippen molar-refractivity contribution in [2.45, 2.75) is 6.42 Å². The largest absolute Gasteiger partial charge is 0.417 e. The van der Waals surface area contributed by atoms with Crippen LogP contribution in [0.3, 0.4) is 0 Å². The zero-order valence-electron chi connectivity index (χ0n) is 13.0. The molecule has 0 bridgehead atoms. The molecule has 0 spiro atoms. The molecule has 0 fully saturated rings. The SMILES string of the molecule is O=C(Nc1ccccc1)Oc1ccc(CCOn2ccnc2)cc1. The number of carbonyl (C=O) groups excluding carboxylic acids is 1. The van der Waals surface area contributed by atoms with Crippen molar-refractivity contribution in [3.05, 3.63) is 78.9 Å². The van der Waals surface area contributed by atoms with E-state index >= 15 is 0 Å². The predicted molar refractivity (Wildman–Crippen MR) is 89.9 cm³/mol. The van der Waals surface area contributed by atoms with Gasteiger partial charge in [0, 0.05) is 18.3 Å². The van der Waals surface area contributed by atoms with E-state index in [-0.39, 0.29) is 0 Å². The summed E-state index contributed by atoms with van der Waals surface area (Å²) < 4.78 is 6.80. The Morgan fingerprint density at radius 2 is 1.88 bits per heavy atom. The fourth-order valence-electron chi connectivity index (χ4n) is 2.09. The molecular weight excluding hydrogens is 306 g/mol. The predicted octanol–water partition coefficient (Wildman–Crippen LogP) is 3.17. The number of anilines is 1. The molecule has 24 heavy (non-hydrogen) atoms. The van der Waals surface area contributed by atoms with Gasteiger partial charge in [0.25, 0.3) is 0 Å². The molecule has 3 rings (SSSR count). The number of nitrogens with one attached hydrogen (secondary N) is 1. The first-order valence-electron chi connectivity index (χ1n) is 7.54. The highest BCUT2D eigenvalue weighted by molar-refractivity contribution is 5.86. The van der Waals surface area contributed by atoms with Crippen LogP contribution in [0.5, 0.6) is 5.75 Å². The van der Waals surface area contributed by atoms with Gasteiger partial charge in [-0.1, -0.05) is 30.3 Å². The number of nitrogens with zero attached hydrogens (tertiary/aromatic N) is 2. The minimum atomic E-state index is -0.516. The summed E-state index contributed by atoms with van der Waals surface area (Å²) in [7, 11) is 0. The van der Waals surface area contributed by atoms with Gasteiger partial charge in [0.05, 0.1) is 6.20 Å². The number of ether oxygens (including phenoxy) is 1. The fourth-order valence-corrected chi connectivity index (χ4v) is 2.09. The summed E-state index contributed by atoms with van der Waals surface area (Å²) >= 11 is 0. The first-order valence-corrected chi connectivity index (χ1v) is 7.54. The van der Waals surface area contributed by atoms with Gasteiger partial charge < -0.3 is 9.57 Å². The van der Waals surface area contributed by atoms with Gasteiger partial charge in [0.1, 0.15) is 18.7 Å². The van der Waals surface area contributed by atoms with Gasteiger partial charge in [0.2, 0.25) is 0 Å². The minimum absolute atomic E-state index is 0.489. The molecule has 2 aromatic carbocycles. The lowest BCUT2D eigenvalue weighted by Gasteiger charge is -2.08. The van der Waals surface area contributed by atoms with Crippen LogP contribution >= 0.6 is 0 Å². The van der Waals surface area contributed by atoms with Crippen molar-refractivity contribution in [2.24, 2.45) is 0 Å². The van der Waals surface area contributed by atoms with Crippen LogP contribution in [0.15, 0.2) is 73.3 Å². The second-order valence-corrected chi connectivity index (χ2v) is 5.03. The van der Waals surface area contributed by atoms with Gasteiger partial charge in [-0.2, -0.15) is 4.73 Å². The third kappa shape index (κ3) is 4.61. The Hall–Kier alpha value is -3.28. The lowest BCUT2D eigenvalue weighted by Crippen LogP contribution is -2.16. The Kier molecular flexibility index (Phi) is 5.09. The van der Waals surface area contributed by atoms with E-state index in [1.807, 2.05) is 30.3 Å². The summed E-state index contributed by atoms with van der Waals surface area (Å²) in [6.45, 7) is 0.533. The third-order valence-corrected chi connectivity index (χ3v) is 3.27. The van der Waals surface area contributed by atoms with Gasteiger partial charge in [-0.25, -0.2) is 9.78 Å². The molecular formula is C18H17N3O3. The van der Waals surface area contributed by atoms with Gasteiger partial charge in [-0.05, 0) is 29.8 Å². The number of benzene rings is 2. The zero-order chi connectivity index (χ0) is 16.6. The van der Waals surface area contributed by atoms with E-state index in [1.165, 1.54) is 0 Å². The molecule has 1 amide bonds. The summed E-state index contributed by atoms with van der Waals surface area (Å²) in [5, 5.41) is 2.67. The van der Waals surface area contributed by atoms with Crippen LogP contribution in [-0.4, -0.2) is 22.4 Å². The maximum absolute atomic E-state index is 11.8. The Bertz CT molecular complexity index is 756. The van der Waals surface area contributed by atoms with E-state index < -0.39 is 6.09 Å². The average Bonchev–Trinajstić information content (AvgIpc) is 3.11. The second-order valence-electron chi connectivity index (χ2n) is 5.03. The van der Waals surface area contributed by atoms with Gasteiger partial charge >= 0.3 is 6.09 Å². The smallest absolute Gasteiger partial charge is 0.413 e. The molecule has 1 aromatic heterocycles. The molecule has 0 saturated heterocycles. The number of para-hydroxylation sites is 1. The number of amides is 1. The standard InChI is InChI=1S/C18H17N3O3/c22-18(20-16-4-2-1-3-5-16)24-17-8-6-15(7-9-17)10-13-23-21-12-11-19-14-21/h1-9,11-12,14H,10,13H2,(H,20,22). The van der Waals surface area contributed by atoms with Crippen LogP contribution in [0, 0.1) is 0 Å². The maximum atomic E-state index is 11.8. The molecule has 0 aliphatic heterocycles. The van der Waals surface area contributed by atoms with Crippen molar-refractivity contribution in [3.8, 4) is 5.75 Å². The van der Waals surface area contributed by atoms with Crippen molar-refractivity contribution in [3.63, 3.8) is 0 Å². The number of aromatic nitrogens is 2. The highest BCUT2D eigenvalue weighted by atomic mass is 16.7. The summed E-state index contributed by atoms with van der Waals surface area (Å²) in [6, 6.07) is 16.5. The topological polar surface area (TPSA) is 65.4 Å². The van der Waals surface area contributed by atoms with Crippen LogP contribution < -0.4 is 14.9 Å².